The smallest absolute Gasteiger partial charge is 0.123 e. The molecule has 0 saturated heterocycles. The van der Waals surface area contributed by atoms with Gasteiger partial charge in [-0.2, -0.15) is 5.26 Å². The summed E-state index contributed by atoms with van der Waals surface area (Å²) in [4.78, 5) is 0. The second-order valence-electron chi connectivity index (χ2n) is 5.44. The molecule has 0 bridgehead atoms. The lowest BCUT2D eigenvalue weighted by Crippen LogP contribution is -2.13. The van der Waals surface area contributed by atoms with E-state index < -0.39 is 5.41 Å². The summed E-state index contributed by atoms with van der Waals surface area (Å²) in [6, 6.07) is 13.6. The summed E-state index contributed by atoms with van der Waals surface area (Å²) < 4.78 is 13.1. The fraction of sp³-hybridized carbons (Fsp3) is 0.235. The van der Waals surface area contributed by atoms with Gasteiger partial charge in [-0.1, -0.05) is 12.1 Å². The molecule has 2 N–H and O–H groups in total. The zero-order chi connectivity index (χ0) is 15.5. The van der Waals surface area contributed by atoms with Gasteiger partial charge in [-0.3, -0.25) is 0 Å². The lowest BCUT2D eigenvalue weighted by molar-refractivity contribution is 0.466. The molecule has 108 valence electrons. The number of aromatic hydroxyl groups is 1. The third kappa shape index (κ3) is 3.51. The molecule has 2 aromatic rings. The van der Waals surface area contributed by atoms with E-state index in [2.05, 4.69) is 11.4 Å². The Labute approximate surface area is 123 Å². The minimum Gasteiger partial charge on any atom is -0.508 e. The largest absolute Gasteiger partial charge is 0.508 e. The monoisotopic (exact) mass is 284 g/mol. The number of rotatable bonds is 4. The molecule has 2 rings (SSSR count). The minimum absolute atomic E-state index is 0.0612. The number of benzene rings is 2. The van der Waals surface area contributed by atoms with Crippen molar-refractivity contribution in [2.75, 3.05) is 5.32 Å². The second-order valence-corrected chi connectivity index (χ2v) is 5.44. The Hall–Kier alpha value is -2.54. The average molecular weight is 284 g/mol. The maximum Gasteiger partial charge on any atom is 0.123 e. The van der Waals surface area contributed by atoms with Crippen molar-refractivity contribution < 1.29 is 9.50 Å². The predicted octanol–water partition coefficient (Wildman–Crippen LogP) is 3.94. The minimum atomic E-state index is -0.528. The highest BCUT2D eigenvalue weighted by molar-refractivity contribution is 5.48. The fourth-order valence-corrected chi connectivity index (χ4v) is 1.96. The Bertz CT molecular complexity index is 672. The van der Waals surface area contributed by atoms with Gasteiger partial charge in [0.25, 0.3) is 0 Å². The number of nitrogens with one attached hydrogen (secondary N) is 1. The van der Waals surface area contributed by atoms with Crippen LogP contribution in [-0.2, 0) is 12.0 Å². The Morgan fingerprint density at radius 1 is 1.19 bits per heavy atom. The maximum absolute atomic E-state index is 13.1. The molecular formula is C17H17FN2O. The first kappa shape index (κ1) is 14.9. The predicted molar refractivity (Wildman–Crippen MR) is 80.5 cm³/mol. The van der Waals surface area contributed by atoms with Crippen LogP contribution >= 0.6 is 0 Å². The number of halogens is 1. The molecular weight excluding hydrogens is 267 g/mol. The van der Waals surface area contributed by atoms with Crippen molar-refractivity contribution >= 4 is 5.69 Å². The molecule has 0 aliphatic carbocycles. The molecule has 0 radical (unpaired) electrons. The molecule has 0 amide bonds. The molecule has 0 aliphatic heterocycles. The van der Waals surface area contributed by atoms with E-state index in [0.717, 1.165) is 11.3 Å². The van der Waals surface area contributed by atoms with Crippen LogP contribution in [0.5, 0.6) is 5.75 Å². The summed E-state index contributed by atoms with van der Waals surface area (Å²) in [5.74, 6) is -0.318. The van der Waals surface area contributed by atoms with E-state index in [1.54, 1.807) is 0 Å². The lowest BCUT2D eigenvalue weighted by Gasteiger charge is -2.16. The van der Waals surface area contributed by atoms with Gasteiger partial charge >= 0.3 is 0 Å². The molecule has 0 heterocycles. The number of phenolic OH excluding ortho intramolecular Hbond substituents is 1. The first-order valence-electron chi connectivity index (χ1n) is 6.65. The zero-order valence-corrected chi connectivity index (χ0v) is 12.0. The number of nitrogens with zero attached hydrogens (tertiary/aromatic N) is 1. The van der Waals surface area contributed by atoms with Crippen molar-refractivity contribution in [2.45, 2.75) is 25.8 Å². The molecule has 0 aliphatic rings. The number of nitriles is 1. The van der Waals surface area contributed by atoms with Gasteiger partial charge in [0.05, 0.1) is 11.5 Å². The van der Waals surface area contributed by atoms with Gasteiger partial charge in [-0.25, -0.2) is 4.39 Å². The van der Waals surface area contributed by atoms with Crippen molar-refractivity contribution in [2.24, 2.45) is 0 Å². The van der Waals surface area contributed by atoms with Crippen LogP contribution in [0.4, 0.5) is 10.1 Å². The highest BCUT2D eigenvalue weighted by atomic mass is 19.1. The van der Waals surface area contributed by atoms with Crippen molar-refractivity contribution in [3.05, 3.63) is 59.4 Å². The summed E-state index contributed by atoms with van der Waals surface area (Å²) in [7, 11) is 0. The van der Waals surface area contributed by atoms with Crippen LogP contribution in [0.1, 0.15) is 25.0 Å². The molecule has 0 fully saturated rings. The van der Waals surface area contributed by atoms with Crippen LogP contribution in [0, 0.1) is 17.1 Å². The summed E-state index contributed by atoms with van der Waals surface area (Å²) in [5, 5.41) is 21.9. The summed E-state index contributed by atoms with van der Waals surface area (Å²) in [6.45, 7) is 4.05. The molecule has 21 heavy (non-hydrogen) atoms. The molecule has 2 aromatic carbocycles. The Balaban J connectivity index is 2.08. The van der Waals surface area contributed by atoms with E-state index in [-0.39, 0.29) is 11.6 Å². The highest BCUT2D eigenvalue weighted by Crippen LogP contribution is 2.24. The Kier molecular flexibility index (Phi) is 4.13. The van der Waals surface area contributed by atoms with Crippen molar-refractivity contribution in [1.82, 2.24) is 0 Å². The van der Waals surface area contributed by atoms with Gasteiger partial charge in [0.2, 0.25) is 0 Å². The summed E-state index contributed by atoms with van der Waals surface area (Å²) in [6.07, 6.45) is 0. The number of hydrogen-bond donors (Lipinski definition) is 2. The Morgan fingerprint density at radius 2 is 1.86 bits per heavy atom. The van der Waals surface area contributed by atoms with E-state index in [1.165, 1.54) is 18.2 Å². The summed E-state index contributed by atoms with van der Waals surface area (Å²) in [5.41, 5.74) is 1.75. The van der Waals surface area contributed by atoms with E-state index in [9.17, 15) is 9.50 Å². The first-order valence-corrected chi connectivity index (χ1v) is 6.65. The quantitative estimate of drug-likeness (QED) is 0.894. The molecule has 0 unspecified atom stereocenters. The third-order valence-electron chi connectivity index (χ3n) is 3.41. The molecule has 0 saturated carbocycles. The van der Waals surface area contributed by atoms with Gasteiger partial charge in [-0.15, -0.1) is 0 Å². The SMILES string of the molecule is CC(C)(C#N)c1ccc(NCc2cc(F)ccc2O)cc1. The van der Waals surface area contributed by atoms with Crippen LogP contribution in [0.3, 0.4) is 0 Å². The lowest BCUT2D eigenvalue weighted by atomic mass is 9.86. The van der Waals surface area contributed by atoms with Gasteiger partial charge in [0, 0.05) is 17.8 Å². The summed E-state index contributed by atoms with van der Waals surface area (Å²) >= 11 is 0. The average Bonchev–Trinajstić information content (AvgIpc) is 2.48. The van der Waals surface area contributed by atoms with Crippen molar-refractivity contribution in [3.8, 4) is 11.8 Å². The van der Waals surface area contributed by atoms with Gasteiger partial charge in [-0.05, 0) is 49.7 Å². The van der Waals surface area contributed by atoms with Crippen LogP contribution in [-0.4, -0.2) is 5.11 Å². The zero-order valence-electron chi connectivity index (χ0n) is 12.0. The molecule has 0 atom stereocenters. The molecule has 4 heteroatoms. The Morgan fingerprint density at radius 3 is 2.48 bits per heavy atom. The fourth-order valence-electron chi connectivity index (χ4n) is 1.96. The maximum atomic E-state index is 13.1. The normalized spacial score (nSPS) is 11.0. The van der Waals surface area contributed by atoms with Gasteiger partial charge in [0.15, 0.2) is 0 Å². The van der Waals surface area contributed by atoms with Crippen LogP contribution in [0.25, 0.3) is 0 Å². The molecule has 0 spiro atoms. The van der Waals surface area contributed by atoms with E-state index >= 15 is 0 Å². The van der Waals surface area contributed by atoms with E-state index in [4.69, 9.17) is 5.26 Å². The number of phenols is 1. The third-order valence-corrected chi connectivity index (χ3v) is 3.41. The van der Waals surface area contributed by atoms with Gasteiger partial charge in [0.1, 0.15) is 11.6 Å². The highest BCUT2D eigenvalue weighted by Gasteiger charge is 2.19. The molecule has 3 nitrogen and oxygen atoms in total. The standard InChI is InChI=1S/C17H17FN2O/c1-17(2,11-19)13-3-6-15(7-4-13)20-10-12-9-14(18)5-8-16(12)21/h3-9,20-21H,10H2,1-2H3. The van der Waals surface area contributed by atoms with E-state index in [0.29, 0.717) is 12.1 Å². The topological polar surface area (TPSA) is 56.0 Å². The van der Waals surface area contributed by atoms with Crippen molar-refractivity contribution in [3.63, 3.8) is 0 Å². The second kappa shape index (κ2) is 5.84. The number of anilines is 1. The van der Waals surface area contributed by atoms with E-state index in [1.807, 2.05) is 38.1 Å². The first-order chi connectivity index (χ1) is 9.92. The number of hydrogen-bond acceptors (Lipinski definition) is 3. The van der Waals surface area contributed by atoms with Crippen LogP contribution in [0.2, 0.25) is 0 Å². The van der Waals surface area contributed by atoms with Crippen LogP contribution in [0.15, 0.2) is 42.5 Å². The van der Waals surface area contributed by atoms with Crippen molar-refractivity contribution in [1.29, 1.82) is 5.26 Å². The van der Waals surface area contributed by atoms with Gasteiger partial charge < -0.3 is 10.4 Å². The van der Waals surface area contributed by atoms with Crippen LogP contribution < -0.4 is 5.32 Å². The molecule has 0 aromatic heterocycles.